The van der Waals surface area contributed by atoms with Gasteiger partial charge in [0.05, 0.1) is 12.8 Å². The van der Waals surface area contributed by atoms with Gasteiger partial charge < -0.3 is 9.47 Å². The number of aryl methyl sites for hydroxylation is 1. The van der Waals surface area contributed by atoms with E-state index in [4.69, 9.17) is 21.1 Å². The van der Waals surface area contributed by atoms with Crippen LogP contribution in [0.1, 0.15) is 16.7 Å². The summed E-state index contributed by atoms with van der Waals surface area (Å²) < 4.78 is 12.1. The lowest BCUT2D eigenvalue weighted by Gasteiger charge is -2.27. The third-order valence-electron chi connectivity index (χ3n) is 5.34. The molecule has 178 valence electrons. The molecular formula is C26H20BrClN2O5. The summed E-state index contributed by atoms with van der Waals surface area (Å²) >= 11 is 9.56. The van der Waals surface area contributed by atoms with Crippen LogP contribution in [0.15, 0.2) is 70.7 Å². The molecule has 1 N–H and O–H groups in total. The lowest BCUT2D eigenvalue weighted by atomic mass is 10.1. The minimum atomic E-state index is -0.802. The second-order valence-electron chi connectivity index (χ2n) is 7.68. The summed E-state index contributed by atoms with van der Waals surface area (Å²) in [4.78, 5) is 39.2. The molecule has 1 saturated heterocycles. The Morgan fingerprint density at radius 2 is 1.80 bits per heavy atom. The second-order valence-corrected chi connectivity index (χ2v) is 9.00. The van der Waals surface area contributed by atoms with Crippen molar-refractivity contribution in [3.05, 3.63) is 92.4 Å². The van der Waals surface area contributed by atoms with Crippen molar-refractivity contribution in [2.24, 2.45) is 0 Å². The Balaban J connectivity index is 1.62. The van der Waals surface area contributed by atoms with Gasteiger partial charge in [0.25, 0.3) is 11.8 Å². The average Bonchev–Trinajstić information content (AvgIpc) is 2.82. The Morgan fingerprint density at radius 1 is 1.03 bits per heavy atom. The minimum absolute atomic E-state index is 0.182. The standard InChI is InChI=1S/C26H20BrClN2O5/c1-15-11-18(27)8-9-21(15)30-25(32)19(24(31)29-26(30)33)12-16-7-10-22(23(13-16)34-2)35-14-17-5-3-4-6-20(17)28/h3-13H,14H2,1-2H3,(H,29,31,33)/b19-12-. The molecule has 3 aromatic rings. The zero-order valence-corrected chi connectivity index (χ0v) is 21.1. The van der Waals surface area contributed by atoms with Gasteiger partial charge in [-0.15, -0.1) is 0 Å². The number of halogens is 2. The van der Waals surface area contributed by atoms with E-state index in [0.717, 1.165) is 14.9 Å². The highest BCUT2D eigenvalue weighted by atomic mass is 79.9. The van der Waals surface area contributed by atoms with Gasteiger partial charge in [0, 0.05) is 15.1 Å². The van der Waals surface area contributed by atoms with E-state index in [0.29, 0.717) is 33.3 Å². The number of urea groups is 1. The molecular weight excluding hydrogens is 536 g/mol. The van der Waals surface area contributed by atoms with Crippen LogP contribution in [-0.4, -0.2) is 25.0 Å². The van der Waals surface area contributed by atoms with Crippen LogP contribution in [0, 0.1) is 6.92 Å². The number of methoxy groups -OCH3 is 1. The van der Waals surface area contributed by atoms with Gasteiger partial charge in [-0.1, -0.05) is 51.8 Å². The van der Waals surface area contributed by atoms with Crippen molar-refractivity contribution in [2.75, 3.05) is 12.0 Å². The summed E-state index contributed by atoms with van der Waals surface area (Å²) in [7, 11) is 1.49. The molecule has 9 heteroatoms. The third-order valence-corrected chi connectivity index (χ3v) is 6.20. The third kappa shape index (κ3) is 5.23. The van der Waals surface area contributed by atoms with Crippen LogP contribution >= 0.6 is 27.5 Å². The first-order valence-corrected chi connectivity index (χ1v) is 11.7. The van der Waals surface area contributed by atoms with E-state index in [1.165, 1.54) is 13.2 Å². The van der Waals surface area contributed by atoms with E-state index in [1.807, 2.05) is 18.2 Å². The van der Waals surface area contributed by atoms with Crippen LogP contribution < -0.4 is 19.7 Å². The molecule has 0 saturated carbocycles. The zero-order chi connectivity index (χ0) is 25.1. The van der Waals surface area contributed by atoms with Gasteiger partial charge in [0.2, 0.25) is 0 Å². The van der Waals surface area contributed by atoms with Gasteiger partial charge in [-0.3, -0.25) is 14.9 Å². The highest BCUT2D eigenvalue weighted by Crippen LogP contribution is 2.32. The maximum absolute atomic E-state index is 13.2. The SMILES string of the molecule is COc1cc(/C=C2/C(=O)NC(=O)N(c3ccc(Br)cc3C)C2=O)ccc1OCc1ccccc1Cl. The first-order chi connectivity index (χ1) is 16.8. The summed E-state index contributed by atoms with van der Waals surface area (Å²) in [6.07, 6.45) is 1.41. The topological polar surface area (TPSA) is 84.9 Å². The van der Waals surface area contributed by atoms with Crippen molar-refractivity contribution in [1.82, 2.24) is 5.32 Å². The normalized spacial score (nSPS) is 14.8. The van der Waals surface area contributed by atoms with Crippen molar-refractivity contribution in [3.8, 4) is 11.5 Å². The molecule has 0 bridgehead atoms. The quantitative estimate of drug-likeness (QED) is 0.313. The van der Waals surface area contributed by atoms with Gasteiger partial charge in [0.15, 0.2) is 11.5 Å². The molecule has 7 nitrogen and oxygen atoms in total. The number of benzene rings is 3. The molecule has 35 heavy (non-hydrogen) atoms. The predicted molar refractivity (Wildman–Crippen MR) is 137 cm³/mol. The molecule has 1 aliphatic rings. The monoisotopic (exact) mass is 554 g/mol. The van der Waals surface area contributed by atoms with Crippen LogP contribution in [0.25, 0.3) is 6.08 Å². The van der Waals surface area contributed by atoms with Crippen molar-refractivity contribution >= 4 is 57.1 Å². The number of anilines is 1. The molecule has 4 amide bonds. The summed E-state index contributed by atoms with van der Waals surface area (Å²) in [5.41, 5.74) is 2.24. The molecule has 0 radical (unpaired) electrons. The maximum Gasteiger partial charge on any atom is 0.335 e. The maximum atomic E-state index is 13.2. The largest absolute Gasteiger partial charge is 0.493 e. The number of carbonyl (C=O) groups is 3. The first-order valence-electron chi connectivity index (χ1n) is 10.5. The lowest BCUT2D eigenvalue weighted by Crippen LogP contribution is -2.54. The second kappa shape index (κ2) is 10.3. The zero-order valence-electron chi connectivity index (χ0n) is 18.8. The number of hydrogen-bond donors (Lipinski definition) is 1. The number of nitrogens with one attached hydrogen (secondary N) is 1. The van der Waals surface area contributed by atoms with E-state index >= 15 is 0 Å². The number of hydrogen-bond acceptors (Lipinski definition) is 5. The molecule has 0 atom stereocenters. The van der Waals surface area contributed by atoms with Crippen molar-refractivity contribution in [1.29, 1.82) is 0 Å². The van der Waals surface area contributed by atoms with Gasteiger partial charge in [-0.2, -0.15) is 0 Å². The molecule has 0 unspecified atom stereocenters. The van der Waals surface area contributed by atoms with E-state index in [1.54, 1.807) is 49.4 Å². The molecule has 0 spiro atoms. The molecule has 1 heterocycles. The Bertz CT molecular complexity index is 1370. The van der Waals surface area contributed by atoms with Crippen LogP contribution in [0.2, 0.25) is 5.02 Å². The fourth-order valence-corrected chi connectivity index (χ4v) is 4.24. The van der Waals surface area contributed by atoms with Crippen molar-refractivity contribution < 1.29 is 23.9 Å². The fourth-order valence-electron chi connectivity index (χ4n) is 3.58. The highest BCUT2D eigenvalue weighted by Gasteiger charge is 2.37. The summed E-state index contributed by atoms with van der Waals surface area (Å²) in [5, 5.41) is 2.83. The Hall–Kier alpha value is -3.62. The van der Waals surface area contributed by atoms with Gasteiger partial charge in [-0.25, -0.2) is 9.69 Å². The Morgan fingerprint density at radius 3 is 2.51 bits per heavy atom. The van der Waals surface area contributed by atoms with Crippen LogP contribution in [-0.2, 0) is 16.2 Å². The molecule has 1 aliphatic heterocycles. The van der Waals surface area contributed by atoms with Gasteiger partial charge in [-0.05, 0) is 60.5 Å². The number of barbiturate groups is 1. The molecule has 0 aromatic heterocycles. The van der Waals surface area contributed by atoms with E-state index in [9.17, 15) is 14.4 Å². The first kappa shape index (κ1) is 24.5. The lowest BCUT2D eigenvalue weighted by molar-refractivity contribution is -0.122. The summed E-state index contributed by atoms with van der Waals surface area (Å²) in [6, 6.07) is 16.7. The van der Waals surface area contributed by atoms with Crippen LogP contribution in [0.5, 0.6) is 11.5 Å². The Kier molecular flexibility index (Phi) is 7.23. The van der Waals surface area contributed by atoms with Crippen LogP contribution in [0.4, 0.5) is 10.5 Å². The van der Waals surface area contributed by atoms with Gasteiger partial charge in [0.1, 0.15) is 12.2 Å². The number of nitrogens with zero attached hydrogens (tertiary/aromatic N) is 1. The van der Waals surface area contributed by atoms with E-state index < -0.39 is 17.8 Å². The smallest absolute Gasteiger partial charge is 0.335 e. The van der Waals surface area contributed by atoms with Gasteiger partial charge >= 0.3 is 6.03 Å². The average molecular weight is 556 g/mol. The van der Waals surface area contributed by atoms with E-state index in [-0.39, 0.29) is 12.2 Å². The van der Waals surface area contributed by atoms with Crippen LogP contribution in [0.3, 0.4) is 0 Å². The number of rotatable bonds is 6. The van der Waals surface area contributed by atoms with E-state index in [2.05, 4.69) is 21.2 Å². The number of carbonyl (C=O) groups excluding carboxylic acids is 3. The number of ether oxygens (including phenoxy) is 2. The summed E-state index contributed by atoms with van der Waals surface area (Å²) in [5.74, 6) is -0.616. The number of amides is 4. The minimum Gasteiger partial charge on any atom is -0.493 e. The molecule has 4 rings (SSSR count). The summed E-state index contributed by atoms with van der Waals surface area (Å²) in [6.45, 7) is 2.01. The highest BCUT2D eigenvalue weighted by molar-refractivity contribution is 9.10. The number of imide groups is 2. The predicted octanol–water partition coefficient (Wildman–Crippen LogP) is 5.66. The Labute approximate surface area is 215 Å². The molecule has 3 aromatic carbocycles. The van der Waals surface area contributed by atoms with Crippen molar-refractivity contribution in [3.63, 3.8) is 0 Å². The van der Waals surface area contributed by atoms with Crippen molar-refractivity contribution in [2.45, 2.75) is 13.5 Å². The fraction of sp³-hybridized carbons (Fsp3) is 0.115. The molecule has 0 aliphatic carbocycles. The molecule has 1 fully saturated rings.